The number of aromatic nitrogens is 3. The Kier molecular flexibility index (Phi) is 3.84. The number of nitrogens with one attached hydrogen (secondary N) is 1. The van der Waals surface area contributed by atoms with Crippen molar-refractivity contribution >= 4 is 23.2 Å². The summed E-state index contributed by atoms with van der Waals surface area (Å²) in [6.07, 6.45) is 7.08. The average Bonchev–Trinajstić information content (AvgIpc) is 3.25. The third-order valence-corrected chi connectivity index (χ3v) is 5.59. The van der Waals surface area contributed by atoms with Gasteiger partial charge in [0.1, 0.15) is 35.0 Å². The molecule has 2 aromatic heterocycles. The summed E-state index contributed by atoms with van der Waals surface area (Å²) < 4.78 is 1.46. The van der Waals surface area contributed by atoms with Crippen molar-refractivity contribution in [1.82, 2.24) is 19.4 Å². The summed E-state index contributed by atoms with van der Waals surface area (Å²) in [6.45, 7) is 1.80. The molecular weight excluding hydrogens is 346 g/mol. The molecule has 1 saturated carbocycles. The van der Waals surface area contributed by atoms with Gasteiger partial charge in [-0.25, -0.2) is 14.9 Å². The largest absolute Gasteiger partial charge is 0.384 e. The molecule has 0 aromatic carbocycles. The third-order valence-electron chi connectivity index (χ3n) is 5.59. The highest BCUT2D eigenvalue weighted by atomic mass is 16.2. The van der Waals surface area contributed by atoms with Gasteiger partial charge in [0.05, 0.1) is 0 Å². The van der Waals surface area contributed by atoms with E-state index in [4.69, 9.17) is 5.73 Å². The fourth-order valence-electron chi connectivity index (χ4n) is 4.23. The van der Waals surface area contributed by atoms with Gasteiger partial charge in [0.25, 0.3) is 11.5 Å². The minimum atomic E-state index is -1.00. The number of nitriles is 1. The molecule has 1 atom stereocenters. The van der Waals surface area contributed by atoms with Crippen LogP contribution in [0.3, 0.4) is 0 Å². The van der Waals surface area contributed by atoms with Crippen LogP contribution in [0.1, 0.15) is 43.1 Å². The maximum absolute atomic E-state index is 13.3. The van der Waals surface area contributed by atoms with E-state index in [0.29, 0.717) is 5.82 Å². The summed E-state index contributed by atoms with van der Waals surface area (Å²) in [6, 6.07) is 4.61. The molecule has 1 aliphatic heterocycles. The second-order valence-corrected chi connectivity index (χ2v) is 7.04. The van der Waals surface area contributed by atoms with Crippen LogP contribution < -0.4 is 16.6 Å². The number of anilines is 3. The quantitative estimate of drug-likeness (QED) is 0.793. The lowest BCUT2D eigenvalue weighted by molar-refractivity contribution is 0.0409. The number of rotatable bonds is 3. The number of amides is 1. The number of carbonyl (C=O) groups is 1. The number of pyridine rings is 1. The normalized spacial score (nSPS) is 21.9. The summed E-state index contributed by atoms with van der Waals surface area (Å²) in [5, 5.41) is 12.6. The Hall–Kier alpha value is -3.41. The molecule has 9 heteroatoms. The van der Waals surface area contributed by atoms with Gasteiger partial charge in [-0.2, -0.15) is 5.26 Å². The standard InChI is InChI=1S/C18H19N7O2/c1-18(11-4-2-3-5-11)24(9-19)17(27)13-7-6-12(16(26)25(13)18)23-15-8-14(20)21-10-22-15/h6-8,10-11H,2-5H2,1H3,(H3,20,21,22,23). The van der Waals surface area contributed by atoms with Gasteiger partial charge < -0.3 is 11.1 Å². The summed E-state index contributed by atoms with van der Waals surface area (Å²) in [7, 11) is 0. The van der Waals surface area contributed by atoms with E-state index in [-0.39, 0.29) is 28.7 Å². The number of nitrogen functional groups attached to an aromatic ring is 1. The third kappa shape index (κ3) is 2.44. The summed E-state index contributed by atoms with van der Waals surface area (Å²) in [5.74, 6) is 0.256. The second kappa shape index (κ2) is 6.09. The minimum Gasteiger partial charge on any atom is -0.384 e. The summed E-state index contributed by atoms with van der Waals surface area (Å²) >= 11 is 0. The topological polar surface area (TPSA) is 130 Å². The molecule has 27 heavy (non-hydrogen) atoms. The zero-order chi connectivity index (χ0) is 19.2. The molecule has 1 amide bonds. The number of nitrogens with zero attached hydrogens (tertiary/aromatic N) is 5. The molecule has 1 fully saturated rings. The van der Waals surface area contributed by atoms with Crippen molar-refractivity contribution in [3.05, 3.63) is 40.6 Å². The van der Waals surface area contributed by atoms with Gasteiger partial charge in [-0.15, -0.1) is 0 Å². The monoisotopic (exact) mass is 365 g/mol. The Bertz CT molecular complexity index is 1020. The fraction of sp³-hybridized carbons (Fsp3) is 0.389. The van der Waals surface area contributed by atoms with Crippen molar-refractivity contribution in [2.45, 2.75) is 38.3 Å². The molecule has 0 radical (unpaired) electrons. The van der Waals surface area contributed by atoms with Crippen LogP contribution in [-0.4, -0.2) is 25.3 Å². The van der Waals surface area contributed by atoms with E-state index in [1.165, 1.54) is 23.0 Å². The molecule has 1 aliphatic carbocycles. The Balaban J connectivity index is 1.84. The maximum Gasteiger partial charge on any atom is 0.285 e. The lowest BCUT2D eigenvalue weighted by Gasteiger charge is -2.37. The minimum absolute atomic E-state index is 0.0463. The number of hydrogen-bond donors (Lipinski definition) is 2. The Morgan fingerprint density at radius 3 is 2.70 bits per heavy atom. The molecule has 3 heterocycles. The summed E-state index contributed by atoms with van der Waals surface area (Å²) in [5.41, 5.74) is 4.77. The van der Waals surface area contributed by atoms with Crippen molar-refractivity contribution in [3.8, 4) is 6.19 Å². The number of nitrogens with two attached hydrogens (primary N) is 1. The lowest BCUT2D eigenvalue weighted by Crippen LogP contribution is -2.50. The molecule has 9 nitrogen and oxygen atoms in total. The Morgan fingerprint density at radius 1 is 1.30 bits per heavy atom. The van der Waals surface area contributed by atoms with Crippen LogP contribution in [-0.2, 0) is 5.66 Å². The molecule has 138 valence electrons. The van der Waals surface area contributed by atoms with E-state index in [9.17, 15) is 14.9 Å². The first-order valence-corrected chi connectivity index (χ1v) is 8.82. The smallest absolute Gasteiger partial charge is 0.285 e. The molecule has 0 bridgehead atoms. The van der Waals surface area contributed by atoms with E-state index in [1.807, 2.05) is 6.19 Å². The van der Waals surface area contributed by atoms with Gasteiger partial charge in [-0.1, -0.05) is 12.8 Å². The summed E-state index contributed by atoms with van der Waals surface area (Å²) in [4.78, 5) is 35.0. The van der Waals surface area contributed by atoms with Crippen molar-refractivity contribution in [3.63, 3.8) is 0 Å². The van der Waals surface area contributed by atoms with E-state index >= 15 is 0 Å². The van der Waals surface area contributed by atoms with Crippen molar-refractivity contribution < 1.29 is 4.79 Å². The van der Waals surface area contributed by atoms with E-state index in [2.05, 4.69) is 15.3 Å². The van der Waals surface area contributed by atoms with Gasteiger partial charge in [-0.05, 0) is 31.9 Å². The zero-order valence-corrected chi connectivity index (χ0v) is 14.8. The van der Waals surface area contributed by atoms with Crippen LogP contribution in [0.25, 0.3) is 0 Å². The lowest BCUT2D eigenvalue weighted by atomic mass is 9.91. The molecule has 1 unspecified atom stereocenters. The van der Waals surface area contributed by atoms with Crippen LogP contribution in [0.5, 0.6) is 0 Å². The molecule has 0 spiro atoms. The SMILES string of the molecule is CC1(C2CCCC2)N(C#N)C(=O)c2ccc(Nc3cc(N)ncn3)c(=O)n21. The van der Waals surface area contributed by atoms with Crippen LogP contribution in [0.4, 0.5) is 17.3 Å². The number of carbonyl (C=O) groups excluding carboxylic acids is 1. The highest BCUT2D eigenvalue weighted by Crippen LogP contribution is 2.44. The van der Waals surface area contributed by atoms with Crippen molar-refractivity contribution in [2.24, 2.45) is 5.92 Å². The Labute approximate surface area is 155 Å². The number of fused-ring (bicyclic) bond motifs is 1. The average molecular weight is 365 g/mol. The zero-order valence-electron chi connectivity index (χ0n) is 14.8. The van der Waals surface area contributed by atoms with Gasteiger partial charge in [0.2, 0.25) is 0 Å². The predicted octanol–water partition coefficient (Wildman–Crippen LogP) is 1.76. The van der Waals surface area contributed by atoms with Crippen LogP contribution in [0.15, 0.2) is 29.3 Å². The first-order chi connectivity index (χ1) is 13.0. The van der Waals surface area contributed by atoms with E-state index in [0.717, 1.165) is 30.6 Å². The molecule has 0 saturated heterocycles. The maximum atomic E-state index is 13.3. The van der Waals surface area contributed by atoms with Crippen LogP contribution >= 0.6 is 0 Å². The van der Waals surface area contributed by atoms with E-state index < -0.39 is 11.6 Å². The molecular formula is C18H19N7O2. The highest BCUT2D eigenvalue weighted by Gasteiger charge is 2.53. The number of hydrogen-bond acceptors (Lipinski definition) is 7. The Morgan fingerprint density at radius 2 is 2.04 bits per heavy atom. The molecule has 2 aromatic rings. The first kappa shape index (κ1) is 17.0. The van der Waals surface area contributed by atoms with Crippen LogP contribution in [0.2, 0.25) is 0 Å². The van der Waals surface area contributed by atoms with E-state index in [1.54, 1.807) is 13.0 Å². The van der Waals surface area contributed by atoms with Crippen LogP contribution in [0, 0.1) is 17.4 Å². The van der Waals surface area contributed by atoms with Gasteiger partial charge in [-0.3, -0.25) is 14.2 Å². The van der Waals surface area contributed by atoms with Gasteiger partial charge >= 0.3 is 0 Å². The van der Waals surface area contributed by atoms with Gasteiger partial charge in [0, 0.05) is 12.0 Å². The first-order valence-electron chi connectivity index (χ1n) is 8.82. The van der Waals surface area contributed by atoms with Crippen molar-refractivity contribution in [1.29, 1.82) is 5.26 Å². The predicted molar refractivity (Wildman–Crippen MR) is 97.8 cm³/mol. The van der Waals surface area contributed by atoms with Gasteiger partial charge in [0.15, 0.2) is 6.19 Å². The molecule has 3 N–H and O–H groups in total. The second-order valence-electron chi connectivity index (χ2n) is 7.04. The molecule has 2 aliphatic rings. The molecule has 4 rings (SSSR count). The highest BCUT2D eigenvalue weighted by molar-refractivity contribution is 5.96. The fourth-order valence-corrected chi connectivity index (χ4v) is 4.23. The van der Waals surface area contributed by atoms with Crippen molar-refractivity contribution in [2.75, 3.05) is 11.1 Å².